The number of nitrogens with zero attached hydrogens (tertiary/aromatic N) is 2. The van der Waals surface area contributed by atoms with Gasteiger partial charge in [0.2, 0.25) is 0 Å². The molecule has 0 fully saturated rings. The second kappa shape index (κ2) is 4.53. The summed E-state index contributed by atoms with van der Waals surface area (Å²) < 4.78 is 39.7. The van der Waals surface area contributed by atoms with Crippen molar-refractivity contribution in [3.05, 3.63) is 46.8 Å². The molecule has 0 bridgehead atoms. The number of carbonyl (C=O) groups is 1. The van der Waals surface area contributed by atoms with E-state index < -0.39 is 17.4 Å². The summed E-state index contributed by atoms with van der Waals surface area (Å²) >= 11 is 0. The van der Waals surface area contributed by atoms with Crippen LogP contribution in [-0.2, 0) is 6.18 Å². The van der Waals surface area contributed by atoms with Crippen LogP contribution < -0.4 is 0 Å². The van der Waals surface area contributed by atoms with E-state index >= 15 is 0 Å². The quantitative estimate of drug-likeness (QED) is 0.783. The Kier molecular flexibility index (Phi) is 3.18. The first-order valence-corrected chi connectivity index (χ1v) is 5.52. The highest BCUT2D eigenvalue weighted by atomic mass is 19.4. The number of halogens is 3. The average Bonchev–Trinajstić information content (AvgIpc) is 2.70. The summed E-state index contributed by atoms with van der Waals surface area (Å²) in [6.45, 7) is 3.57. The summed E-state index contributed by atoms with van der Waals surface area (Å²) in [5.74, 6) is 0. The predicted octanol–water partition coefficient (Wildman–Crippen LogP) is 3.32. The Morgan fingerprint density at radius 1 is 1.16 bits per heavy atom. The van der Waals surface area contributed by atoms with Gasteiger partial charge < -0.3 is 0 Å². The third kappa shape index (κ3) is 2.52. The van der Waals surface area contributed by atoms with Gasteiger partial charge in [-0.1, -0.05) is 6.07 Å². The van der Waals surface area contributed by atoms with Crippen molar-refractivity contribution in [3.63, 3.8) is 0 Å². The van der Waals surface area contributed by atoms with Crippen molar-refractivity contribution >= 4 is 6.29 Å². The minimum Gasteiger partial charge on any atom is -0.298 e. The van der Waals surface area contributed by atoms with Gasteiger partial charge >= 0.3 is 6.18 Å². The highest BCUT2D eigenvalue weighted by Crippen LogP contribution is 2.33. The molecule has 1 heterocycles. The minimum atomic E-state index is -4.63. The molecule has 0 amide bonds. The Balaban J connectivity index is 2.69. The maximum Gasteiger partial charge on any atom is 0.434 e. The number of rotatable bonds is 2. The molecule has 2 rings (SSSR count). The lowest BCUT2D eigenvalue weighted by molar-refractivity contribution is -0.143. The maximum absolute atomic E-state index is 13.0. The van der Waals surface area contributed by atoms with Gasteiger partial charge in [-0.15, -0.1) is 0 Å². The van der Waals surface area contributed by atoms with Crippen LogP contribution in [0.1, 0.15) is 27.2 Å². The Labute approximate surface area is 107 Å². The molecule has 0 atom stereocenters. The first kappa shape index (κ1) is 13.3. The third-order valence-corrected chi connectivity index (χ3v) is 2.64. The van der Waals surface area contributed by atoms with E-state index in [1.165, 1.54) is 0 Å². The number of benzene rings is 1. The average molecular weight is 268 g/mol. The highest BCUT2D eigenvalue weighted by Gasteiger charge is 2.38. The van der Waals surface area contributed by atoms with Crippen LogP contribution in [0.3, 0.4) is 0 Å². The molecule has 0 aliphatic rings. The second-order valence-electron chi connectivity index (χ2n) is 4.32. The normalized spacial score (nSPS) is 11.6. The van der Waals surface area contributed by atoms with E-state index in [9.17, 15) is 18.0 Å². The van der Waals surface area contributed by atoms with Gasteiger partial charge in [0.25, 0.3) is 0 Å². The summed E-state index contributed by atoms with van der Waals surface area (Å²) in [7, 11) is 0. The van der Waals surface area contributed by atoms with E-state index in [0.29, 0.717) is 0 Å². The van der Waals surface area contributed by atoms with Crippen LogP contribution in [-0.4, -0.2) is 16.1 Å². The molecule has 19 heavy (non-hydrogen) atoms. The molecule has 3 nitrogen and oxygen atoms in total. The Hall–Kier alpha value is -2.11. The first-order valence-electron chi connectivity index (χ1n) is 5.52. The molecular weight excluding hydrogens is 257 g/mol. The Morgan fingerprint density at radius 3 is 2.21 bits per heavy atom. The molecule has 0 saturated carbocycles. The fourth-order valence-electron chi connectivity index (χ4n) is 2.00. The van der Waals surface area contributed by atoms with E-state index in [1.54, 1.807) is 26.0 Å². The minimum absolute atomic E-state index is 0.162. The Morgan fingerprint density at radius 2 is 1.74 bits per heavy atom. The highest BCUT2D eigenvalue weighted by molar-refractivity contribution is 5.76. The molecule has 1 aromatic heterocycles. The van der Waals surface area contributed by atoms with Crippen molar-refractivity contribution in [3.8, 4) is 5.69 Å². The lowest BCUT2D eigenvalue weighted by atomic mass is 10.1. The lowest BCUT2D eigenvalue weighted by Crippen LogP contribution is -2.15. The molecule has 0 saturated heterocycles. The van der Waals surface area contributed by atoms with Crippen molar-refractivity contribution in [2.45, 2.75) is 20.0 Å². The molecule has 1 aromatic carbocycles. The van der Waals surface area contributed by atoms with Crippen molar-refractivity contribution in [1.29, 1.82) is 0 Å². The van der Waals surface area contributed by atoms with Crippen LogP contribution in [0.15, 0.2) is 24.4 Å². The fourth-order valence-corrected chi connectivity index (χ4v) is 2.00. The molecule has 2 aromatic rings. The van der Waals surface area contributed by atoms with Crippen molar-refractivity contribution in [2.75, 3.05) is 0 Å². The van der Waals surface area contributed by atoms with E-state index in [1.807, 2.05) is 6.07 Å². The van der Waals surface area contributed by atoms with E-state index in [0.717, 1.165) is 22.0 Å². The number of alkyl halides is 3. The van der Waals surface area contributed by atoms with Crippen molar-refractivity contribution in [2.24, 2.45) is 0 Å². The van der Waals surface area contributed by atoms with Crippen LogP contribution in [0.2, 0.25) is 0 Å². The maximum atomic E-state index is 13.0. The molecule has 6 heteroatoms. The summed E-state index contributed by atoms with van der Waals surface area (Å²) in [6.07, 6.45) is -3.55. The first-order chi connectivity index (χ1) is 8.82. The van der Waals surface area contributed by atoms with Crippen LogP contribution in [0.4, 0.5) is 13.2 Å². The zero-order chi connectivity index (χ0) is 14.2. The van der Waals surface area contributed by atoms with Gasteiger partial charge in [-0.05, 0) is 37.1 Å². The predicted molar refractivity (Wildman–Crippen MR) is 63.4 cm³/mol. The topological polar surface area (TPSA) is 34.9 Å². The van der Waals surface area contributed by atoms with Gasteiger partial charge in [0.05, 0.1) is 17.4 Å². The molecule has 100 valence electrons. The van der Waals surface area contributed by atoms with Gasteiger partial charge in [0, 0.05) is 0 Å². The summed E-state index contributed by atoms with van der Waals surface area (Å²) in [4.78, 5) is 10.7. The molecule has 0 N–H and O–H groups in total. The number of aryl methyl sites for hydroxylation is 2. The number of carbonyl (C=O) groups excluding carboxylic acids is 1. The molecular formula is C13H11F3N2O. The van der Waals surface area contributed by atoms with E-state index in [2.05, 4.69) is 5.10 Å². The molecule has 0 spiro atoms. The number of hydrogen-bond donors (Lipinski definition) is 0. The van der Waals surface area contributed by atoms with E-state index in [-0.39, 0.29) is 12.0 Å². The third-order valence-electron chi connectivity index (χ3n) is 2.64. The molecule has 0 aliphatic carbocycles. The van der Waals surface area contributed by atoms with Gasteiger partial charge in [-0.3, -0.25) is 4.79 Å². The summed E-state index contributed by atoms with van der Waals surface area (Å²) in [6, 6.07) is 5.02. The van der Waals surface area contributed by atoms with Crippen LogP contribution in [0.5, 0.6) is 0 Å². The largest absolute Gasteiger partial charge is 0.434 e. The zero-order valence-electron chi connectivity index (χ0n) is 10.3. The molecule has 0 aliphatic heterocycles. The van der Waals surface area contributed by atoms with Gasteiger partial charge in [-0.25, -0.2) is 4.68 Å². The van der Waals surface area contributed by atoms with Crippen molar-refractivity contribution in [1.82, 2.24) is 9.78 Å². The zero-order valence-corrected chi connectivity index (χ0v) is 10.3. The summed E-state index contributed by atoms with van der Waals surface area (Å²) in [5, 5.41) is 3.67. The van der Waals surface area contributed by atoms with Gasteiger partial charge in [0.1, 0.15) is 0 Å². The lowest BCUT2D eigenvalue weighted by Gasteiger charge is -2.12. The second-order valence-corrected chi connectivity index (χ2v) is 4.32. The SMILES string of the molecule is Cc1cc(C)cc(-n2ncc(C=O)c2C(F)(F)F)c1. The molecule has 0 radical (unpaired) electrons. The molecule has 0 unspecified atom stereocenters. The van der Waals surface area contributed by atoms with Gasteiger partial charge in [-0.2, -0.15) is 18.3 Å². The monoisotopic (exact) mass is 268 g/mol. The number of aromatic nitrogens is 2. The van der Waals surface area contributed by atoms with Crippen LogP contribution in [0.25, 0.3) is 5.69 Å². The number of hydrogen-bond acceptors (Lipinski definition) is 2. The summed E-state index contributed by atoms with van der Waals surface area (Å²) in [5.41, 5.74) is 0.426. The fraction of sp³-hybridized carbons (Fsp3) is 0.231. The number of aldehydes is 1. The van der Waals surface area contributed by atoms with E-state index in [4.69, 9.17) is 0 Å². The van der Waals surface area contributed by atoms with Crippen LogP contribution >= 0.6 is 0 Å². The smallest absolute Gasteiger partial charge is 0.298 e. The Bertz CT molecular complexity index is 609. The van der Waals surface area contributed by atoms with Crippen LogP contribution in [0, 0.1) is 13.8 Å². The van der Waals surface area contributed by atoms with Crippen molar-refractivity contribution < 1.29 is 18.0 Å². The standard InChI is InChI=1S/C13H11F3N2O/c1-8-3-9(2)5-11(4-8)18-12(13(14,15)16)10(7-19)6-17-18/h3-7H,1-2H3. The van der Waals surface area contributed by atoms with Gasteiger partial charge in [0.15, 0.2) is 12.0 Å².